The van der Waals surface area contributed by atoms with Gasteiger partial charge in [0, 0.05) is 17.5 Å². The summed E-state index contributed by atoms with van der Waals surface area (Å²) in [6.07, 6.45) is 2.15. The van der Waals surface area contributed by atoms with E-state index in [0.29, 0.717) is 36.2 Å². The Morgan fingerprint density at radius 1 is 1.16 bits per heavy atom. The molecule has 0 atom stereocenters. The topological polar surface area (TPSA) is 35.5 Å². The Hall–Kier alpha value is -1.22. The van der Waals surface area contributed by atoms with Gasteiger partial charge in [0.15, 0.2) is 11.5 Å². The van der Waals surface area contributed by atoms with Crippen molar-refractivity contribution in [3.8, 4) is 11.5 Å². The summed E-state index contributed by atoms with van der Waals surface area (Å²) in [6, 6.07) is 3.70. The van der Waals surface area contributed by atoms with E-state index in [1.54, 1.807) is 13.0 Å². The fourth-order valence-electron chi connectivity index (χ4n) is 1.83. The highest BCUT2D eigenvalue weighted by atomic mass is 35.5. The lowest BCUT2D eigenvalue weighted by Crippen LogP contribution is -2.00. The molecule has 0 saturated heterocycles. The number of hydrogen-bond acceptors (Lipinski definition) is 3. The van der Waals surface area contributed by atoms with Crippen LogP contribution in [0.2, 0.25) is 5.02 Å². The Bertz CT molecular complexity index is 430. The number of halogens is 1. The van der Waals surface area contributed by atoms with Gasteiger partial charge in [0.1, 0.15) is 5.78 Å². The van der Waals surface area contributed by atoms with E-state index in [0.717, 1.165) is 18.4 Å². The lowest BCUT2D eigenvalue weighted by molar-refractivity contribution is -0.117. The molecule has 0 aromatic heterocycles. The quantitative estimate of drug-likeness (QED) is 0.722. The van der Waals surface area contributed by atoms with Crippen molar-refractivity contribution in [2.24, 2.45) is 0 Å². The summed E-state index contributed by atoms with van der Waals surface area (Å²) in [5.74, 6) is 1.59. The fourth-order valence-corrected chi connectivity index (χ4v) is 2.08. The van der Waals surface area contributed by atoms with Gasteiger partial charge < -0.3 is 14.3 Å². The molecule has 0 aliphatic rings. The van der Waals surface area contributed by atoms with Gasteiger partial charge in [0.2, 0.25) is 0 Å². The lowest BCUT2D eigenvalue weighted by Gasteiger charge is -2.14. The van der Waals surface area contributed by atoms with Gasteiger partial charge in [-0.25, -0.2) is 0 Å². The largest absolute Gasteiger partial charge is 0.490 e. The first-order valence-electron chi connectivity index (χ1n) is 6.65. The Balaban J connectivity index is 2.86. The highest BCUT2D eigenvalue weighted by Crippen LogP contribution is 2.34. The number of benzene rings is 1. The van der Waals surface area contributed by atoms with Gasteiger partial charge in [-0.1, -0.05) is 11.6 Å². The minimum atomic E-state index is 0.201. The summed E-state index contributed by atoms with van der Waals surface area (Å²) in [7, 11) is 0. The van der Waals surface area contributed by atoms with Crippen LogP contribution in [-0.2, 0) is 11.2 Å². The van der Waals surface area contributed by atoms with Crippen molar-refractivity contribution < 1.29 is 14.3 Å². The molecule has 0 spiro atoms. The Kier molecular flexibility index (Phi) is 6.71. The zero-order valence-electron chi connectivity index (χ0n) is 11.8. The number of aryl methyl sites for hydroxylation is 1. The van der Waals surface area contributed by atoms with E-state index >= 15 is 0 Å². The van der Waals surface area contributed by atoms with Crippen molar-refractivity contribution >= 4 is 17.4 Å². The zero-order chi connectivity index (χ0) is 14.3. The zero-order valence-corrected chi connectivity index (χ0v) is 12.5. The Morgan fingerprint density at radius 3 is 2.26 bits per heavy atom. The summed E-state index contributed by atoms with van der Waals surface area (Å²) in [5.41, 5.74) is 0.995. The average Bonchev–Trinajstić information content (AvgIpc) is 2.34. The number of ketones is 1. The normalized spacial score (nSPS) is 10.3. The second-order valence-corrected chi connectivity index (χ2v) is 4.72. The molecule has 0 aliphatic carbocycles. The fraction of sp³-hybridized carbons (Fsp3) is 0.533. The predicted molar refractivity (Wildman–Crippen MR) is 77.4 cm³/mol. The van der Waals surface area contributed by atoms with Crippen LogP contribution in [0.1, 0.15) is 39.2 Å². The lowest BCUT2D eigenvalue weighted by atomic mass is 10.1. The van der Waals surface area contributed by atoms with E-state index in [2.05, 4.69) is 0 Å². The van der Waals surface area contributed by atoms with Crippen molar-refractivity contribution in [2.45, 2.75) is 40.0 Å². The molecule has 0 N–H and O–H groups in total. The molecular weight excluding hydrogens is 264 g/mol. The van der Waals surface area contributed by atoms with Crippen LogP contribution >= 0.6 is 11.6 Å². The van der Waals surface area contributed by atoms with Crippen LogP contribution < -0.4 is 9.47 Å². The van der Waals surface area contributed by atoms with Gasteiger partial charge >= 0.3 is 0 Å². The molecule has 106 valence electrons. The van der Waals surface area contributed by atoms with Crippen LogP contribution in [0.15, 0.2) is 12.1 Å². The summed E-state index contributed by atoms with van der Waals surface area (Å²) < 4.78 is 11.1. The number of carbonyl (C=O) groups excluding carboxylic acids is 1. The van der Waals surface area contributed by atoms with Crippen LogP contribution in [-0.4, -0.2) is 19.0 Å². The van der Waals surface area contributed by atoms with Crippen molar-refractivity contribution in [1.29, 1.82) is 0 Å². The van der Waals surface area contributed by atoms with Crippen LogP contribution in [0.25, 0.3) is 0 Å². The summed E-state index contributed by atoms with van der Waals surface area (Å²) >= 11 is 6.23. The number of rotatable bonds is 8. The summed E-state index contributed by atoms with van der Waals surface area (Å²) in [5, 5.41) is 0.662. The standard InChI is InChI=1S/C15H21ClO3/c1-4-18-14-9-12(8-6-7-11(3)17)13(16)10-15(14)19-5-2/h9-10H,4-8H2,1-3H3. The second-order valence-electron chi connectivity index (χ2n) is 4.31. The molecule has 19 heavy (non-hydrogen) atoms. The maximum atomic E-state index is 10.9. The van der Waals surface area contributed by atoms with Crippen LogP contribution in [0.3, 0.4) is 0 Å². The molecule has 1 rings (SSSR count). The van der Waals surface area contributed by atoms with Gasteiger partial charge in [0.05, 0.1) is 13.2 Å². The maximum Gasteiger partial charge on any atom is 0.162 e. The van der Waals surface area contributed by atoms with Crippen LogP contribution in [0.4, 0.5) is 0 Å². The third-order valence-electron chi connectivity index (χ3n) is 2.69. The molecular formula is C15H21ClO3. The molecule has 0 radical (unpaired) electrons. The monoisotopic (exact) mass is 284 g/mol. The van der Waals surface area contributed by atoms with E-state index in [-0.39, 0.29) is 5.78 Å². The van der Waals surface area contributed by atoms with Crippen molar-refractivity contribution in [3.05, 3.63) is 22.7 Å². The van der Waals surface area contributed by atoms with Gasteiger partial charge in [-0.15, -0.1) is 0 Å². The average molecular weight is 285 g/mol. The minimum absolute atomic E-state index is 0.201. The molecule has 0 aliphatic heterocycles. The van der Waals surface area contributed by atoms with E-state index in [4.69, 9.17) is 21.1 Å². The van der Waals surface area contributed by atoms with Crippen molar-refractivity contribution in [3.63, 3.8) is 0 Å². The maximum absolute atomic E-state index is 10.9. The minimum Gasteiger partial charge on any atom is -0.490 e. The predicted octanol–water partition coefficient (Wildman–Crippen LogP) is 4.05. The number of ether oxygens (including phenoxy) is 2. The van der Waals surface area contributed by atoms with Gasteiger partial charge in [0.25, 0.3) is 0 Å². The first-order valence-corrected chi connectivity index (χ1v) is 7.03. The first kappa shape index (κ1) is 15.8. The van der Waals surface area contributed by atoms with Crippen LogP contribution in [0, 0.1) is 0 Å². The highest BCUT2D eigenvalue weighted by molar-refractivity contribution is 6.31. The number of hydrogen-bond donors (Lipinski definition) is 0. The molecule has 0 saturated carbocycles. The van der Waals surface area contributed by atoms with Crippen LogP contribution in [0.5, 0.6) is 11.5 Å². The Labute approximate surface area is 119 Å². The van der Waals surface area contributed by atoms with E-state index in [1.165, 1.54) is 0 Å². The van der Waals surface area contributed by atoms with Crippen molar-refractivity contribution in [2.75, 3.05) is 13.2 Å². The number of carbonyl (C=O) groups is 1. The van der Waals surface area contributed by atoms with Gasteiger partial charge in [-0.3, -0.25) is 0 Å². The van der Waals surface area contributed by atoms with E-state index < -0.39 is 0 Å². The van der Waals surface area contributed by atoms with Gasteiger partial charge in [-0.2, -0.15) is 0 Å². The Morgan fingerprint density at radius 2 is 1.74 bits per heavy atom. The smallest absolute Gasteiger partial charge is 0.162 e. The second kappa shape index (κ2) is 8.05. The SMILES string of the molecule is CCOc1cc(Cl)c(CCCC(C)=O)cc1OCC. The van der Waals surface area contributed by atoms with E-state index in [9.17, 15) is 4.79 Å². The molecule has 4 heteroatoms. The van der Waals surface area contributed by atoms with Crippen molar-refractivity contribution in [1.82, 2.24) is 0 Å². The molecule has 0 heterocycles. The molecule has 3 nitrogen and oxygen atoms in total. The molecule has 0 amide bonds. The molecule has 0 unspecified atom stereocenters. The first-order chi connectivity index (χ1) is 9.08. The number of Topliss-reactive ketones (excluding diaryl/α,β-unsaturated/α-hetero) is 1. The van der Waals surface area contributed by atoms with E-state index in [1.807, 2.05) is 19.9 Å². The molecule has 1 aromatic rings. The van der Waals surface area contributed by atoms with Gasteiger partial charge in [-0.05, 0) is 45.2 Å². The molecule has 1 aromatic carbocycles. The third kappa shape index (κ3) is 5.11. The summed E-state index contributed by atoms with van der Waals surface area (Å²) in [4.78, 5) is 10.9. The summed E-state index contributed by atoms with van der Waals surface area (Å²) in [6.45, 7) is 6.60. The molecule has 0 fully saturated rings. The highest BCUT2D eigenvalue weighted by Gasteiger charge is 2.11. The molecule has 0 bridgehead atoms. The third-order valence-corrected chi connectivity index (χ3v) is 3.04.